The lowest BCUT2D eigenvalue weighted by molar-refractivity contribution is 0.0979. The molecule has 1 unspecified atom stereocenters. The third kappa shape index (κ3) is 4.17. The van der Waals surface area contributed by atoms with Gasteiger partial charge in [-0.25, -0.2) is 13.4 Å². The van der Waals surface area contributed by atoms with Gasteiger partial charge in [-0.05, 0) is 55.0 Å². The van der Waals surface area contributed by atoms with Crippen LogP contribution in [0.4, 0.5) is 5.69 Å². The summed E-state index contributed by atoms with van der Waals surface area (Å²) >= 11 is 1.26. The maximum atomic E-state index is 13.0. The van der Waals surface area contributed by atoms with Gasteiger partial charge in [0.25, 0.3) is 0 Å². The highest BCUT2D eigenvalue weighted by Crippen LogP contribution is 2.30. The summed E-state index contributed by atoms with van der Waals surface area (Å²) in [6, 6.07) is 15.8. The number of sulfonamides is 1. The van der Waals surface area contributed by atoms with E-state index in [9.17, 15) is 18.5 Å². The third-order valence-electron chi connectivity index (χ3n) is 5.09. The van der Waals surface area contributed by atoms with Gasteiger partial charge in [-0.2, -0.15) is 5.26 Å². The number of carbonyl (C=O) groups is 1. The van der Waals surface area contributed by atoms with Gasteiger partial charge in [-0.3, -0.25) is 9.10 Å². The first kappa shape index (κ1) is 21.0. The normalized spacial score (nSPS) is 15.9. The zero-order valence-electron chi connectivity index (χ0n) is 16.7. The summed E-state index contributed by atoms with van der Waals surface area (Å²) in [6.07, 6.45) is 0.583. The van der Waals surface area contributed by atoms with Crippen molar-refractivity contribution in [1.29, 1.82) is 5.26 Å². The molecule has 31 heavy (non-hydrogen) atoms. The molecule has 1 saturated heterocycles. The first-order chi connectivity index (χ1) is 14.9. The Kier molecular flexibility index (Phi) is 5.76. The Balaban J connectivity index is 1.55. The molecule has 1 aromatic heterocycles. The topological polar surface area (TPSA) is 100 Å². The van der Waals surface area contributed by atoms with Crippen LogP contribution in [-0.2, 0) is 10.0 Å². The highest BCUT2D eigenvalue weighted by atomic mass is 32.2. The Morgan fingerprint density at radius 1 is 1.19 bits per heavy atom. The molecular weight excluding hydrogens is 434 g/mol. The maximum absolute atomic E-state index is 13.0. The first-order valence-electron chi connectivity index (χ1n) is 9.57. The van der Waals surface area contributed by atoms with Crippen molar-refractivity contribution < 1.29 is 17.9 Å². The molecule has 0 bridgehead atoms. The number of ketones is 1. The number of methoxy groups -OCH3 is 1. The minimum Gasteiger partial charge on any atom is -0.497 e. The minimum absolute atomic E-state index is 0.130. The number of nitrogens with zero attached hydrogens (tertiary/aromatic N) is 3. The summed E-state index contributed by atoms with van der Waals surface area (Å²) in [5, 5.41) is 11.9. The molecule has 1 atom stereocenters. The summed E-state index contributed by atoms with van der Waals surface area (Å²) in [5.74, 6) is -0.535. The summed E-state index contributed by atoms with van der Waals surface area (Å²) < 4.78 is 30.7. The smallest absolute Gasteiger partial charge is 0.235 e. The van der Waals surface area contributed by atoms with E-state index in [1.165, 1.54) is 15.6 Å². The van der Waals surface area contributed by atoms with Crippen LogP contribution >= 0.6 is 11.3 Å². The number of ether oxygens (including phenoxy) is 1. The zero-order chi connectivity index (χ0) is 22.0. The van der Waals surface area contributed by atoms with Gasteiger partial charge in [0.2, 0.25) is 10.0 Å². The molecule has 0 saturated carbocycles. The highest BCUT2D eigenvalue weighted by Gasteiger charge is 2.29. The van der Waals surface area contributed by atoms with Gasteiger partial charge >= 0.3 is 0 Å². The number of anilines is 1. The quantitative estimate of drug-likeness (QED) is 0.526. The number of Topliss-reactive ketones (excluding diaryl/α,β-unsaturated/α-hetero) is 1. The van der Waals surface area contributed by atoms with Crippen LogP contribution in [0.2, 0.25) is 0 Å². The van der Waals surface area contributed by atoms with Gasteiger partial charge in [0, 0.05) is 23.1 Å². The van der Waals surface area contributed by atoms with Crippen LogP contribution in [0.25, 0.3) is 11.3 Å². The average molecular weight is 454 g/mol. The predicted octanol–water partition coefficient (Wildman–Crippen LogP) is 3.85. The van der Waals surface area contributed by atoms with Crippen molar-refractivity contribution in [2.75, 3.05) is 23.7 Å². The molecule has 0 radical (unpaired) electrons. The molecule has 158 valence electrons. The zero-order valence-corrected chi connectivity index (χ0v) is 18.3. The van der Waals surface area contributed by atoms with E-state index in [4.69, 9.17) is 4.74 Å². The molecule has 0 aliphatic carbocycles. The van der Waals surface area contributed by atoms with E-state index in [0.29, 0.717) is 34.9 Å². The fraction of sp³-hybridized carbons (Fsp3) is 0.227. The van der Waals surface area contributed by atoms with Gasteiger partial charge in [0.15, 0.2) is 11.7 Å². The fourth-order valence-corrected chi connectivity index (χ4v) is 5.86. The molecule has 0 spiro atoms. The van der Waals surface area contributed by atoms with Crippen LogP contribution in [0.5, 0.6) is 5.75 Å². The maximum Gasteiger partial charge on any atom is 0.235 e. The average Bonchev–Trinajstić information content (AvgIpc) is 3.41. The number of hydrogen-bond donors (Lipinski definition) is 0. The van der Waals surface area contributed by atoms with Crippen LogP contribution in [0, 0.1) is 11.3 Å². The Morgan fingerprint density at radius 2 is 1.90 bits per heavy atom. The Bertz CT molecular complexity index is 1240. The molecule has 3 aromatic rings. The van der Waals surface area contributed by atoms with Gasteiger partial charge in [-0.15, -0.1) is 11.3 Å². The predicted molar refractivity (Wildman–Crippen MR) is 119 cm³/mol. The van der Waals surface area contributed by atoms with Gasteiger partial charge in [-0.1, -0.05) is 0 Å². The van der Waals surface area contributed by atoms with E-state index >= 15 is 0 Å². The molecule has 1 aliphatic rings. The highest BCUT2D eigenvalue weighted by molar-refractivity contribution is 7.93. The summed E-state index contributed by atoms with van der Waals surface area (Å²) in [7, 11) is -1.69. The number of benzene rings is 2. The Hall–Kier alpha value is -3.22. The number of nitriles is 1. The van der Waals surface area contributed by atoms with Crippen molar-refractivity contribution in [3.05, 3.63) is 64.5 Å². The Morgan fingerprint density at radius 3 is 2.48 bits per heavy atom. The molecule has 1 fully saturated rings. The summed E-state index contributed by atoms with van der Waals surface area (Å²) in [4.78, 5) is 17.5. The molecule has 0 N–H and O–H groups in total. The molecule has 2 heterocycles. The van der Waals surface area contributed by atoms with Crippen molar-refractivity contribution in [1.82, 2.24) is 4.98 Å². The SMILES string of the molecule is COc1ccc(-c2csc(C(C#N)C(=O)c3ccc(N4CCCS4(=O)=O)cc3)n2)cc1. The lowest BCUT2D eigenvalue weighted by atomic mass is 9.99. The second-order valence-electron chi connectivity index (χ2n) is 7.01. The molecule has 9 heteroatoms. The number of rotatable bonds is 6. The van der Waals surface area contributed by atoms with E-state index < -0.39 is 15.9 Å². The van der Waals surface area contributed by atoms with Crippen molar-refractivity contribution >= 4 is 32.8 Å². The lowest BCUT2D eigenvalue weighted by Gasteiger charge is -2.17. The van der Waals surface area contributed by atoms with Crippen molar-refractivity contribution in [2.24, 2.45) is 0 Å². The first-order valence-corrected chi connectivity index (χ1v) is 12.1. The van der Waals surface area contributed by atoms with Crippen LogP contribution in [0.1, 0.15) is 27.7 Å². The molecule has 1 aliphatic heterocycles. The van der Waals surface area contributed by atoms with Crippen molar-refractivity contribution in [2.45, 2.75) is 12.3 Å². The van der Waals surface area contributed by atoms with Crippen LogP contribution in [0.3, 0.4) is 0 Å². The number of thiazole rings is 1. The van der Waals surface area contributed by atoms with Crippen molar-refractivity contribution in [3.8, 4) is 23.1 Å². The monoisotopic (exact) mass is 453 g/mol. The van der Waals surface area contributed by atoms with E-state index in [-0.39, 0.29) is 11.5 Å². The fourth-order valence-electron chi connectivity index (χ4n) is 3.43. The van der Waals surface area contributed by atoms with Crippen LogP contribution in [0.15, 0.2) is 53.9 Å². The minimum atomic E-state index is -3.29. The van der Waals surface area contributed by atoms with Crippen LogP contribution < -0.4 is 9.04 Å². The standard InChI is InChI=1S/C22H19N3O4S2/c1-29-18-9-5-15(6-10-18)20-14-30-22(24-20)19(13-23)21(26)16-3-7-17(8-4-16)25-11-2-12-31(25,27)28/h3-10,14,19H,2,11-12H2,1H3. The molecule has 4 rings (SSSR count). The Labute approximate surface area is 184 Å². The largest absolute Gasteiger partial charge is 0.497 e. The molecule has 2 aromatic carbocycles. The summed E-state index contributed by atoms with van der Waals surface area (Å²) in [5.41, 5.74) is 2.42. The van der Waals surface area contributed by atoms with Gasteiger partial charge in [0.05, 0.1) is 30.3 Å². The van der Waals surface area contributed by atoms with E-state index in [1.54, 1.807) is 31.4 Å². The second-order valence-corrected chi connectivity index (χ2v) is 9.92. The lowest BCUT2D eigenvalue weighted by Crippen LogP contribution is -2.25. The second kappa shape index (κ2) is 8.49. The van der Waals surface area contributed by atoms with E-state index in [1.807, 2.05) is 29.6 Å². The van der Waals surface area contributed by atoms with Crippen LogP contribution in [-0.4, -0.2) is 38.6 Å². The van der Waals surface area contributed by atoms with Gasteiger partial charge in [0.1, 0.15) is 10.8 Å². The number of carbonyl (C=O) groups excluding carboxylic acids is 1. The number of aromatic nitrogens is 1. The van der Waals surface area contributed by atoms with E-state index in [0.717, 1.165) is 11.3 Å². The molecule has 0 amide bonds. The third-order valence-corrected chi connectivity index (χ3v) is 7.86. The summed E-state index contributed by atoms with van der Waals surface area (Å²) in [6.45, 7) is 0.434. The van der Waals surface area contributed by atoms with Gasteiger partial charge < -0.3 is 4.74 Å². The molecule has 7 nitrogen and oxygen atoms in total. The molecular formula is C22H19N3O4S2. The van der Waals surface area contributed by atoms with E-state index in [2.05, 4.69) is 11.1 Å². The van der Waals surface area contributed by atoms with Crippen molar-refractivity contribution in [3.63, 3.8) is 0 Å². The number of hydrogen-bond acceptors (Lipinski definition) is 7.